The van der Waals surface area contributed by atoms with E-state index in [4.69, 9.17) is 0 Å². The lowest BCUT2D eigenvalue weighted by Gasteiger charge is -2.33. The average molecular weight is 544 g/mol. The van der Waals surface area contributed by atoms with Gasteiger partial charge in [0, 0.05) is 25.1 Å². The number of sulfonamides is 1. The average Bonchev–Trinajstić information content (AvgIpc) is 2.89. The number of hydrogen-bond donors (Lipinski definition) is 1. The fraction of sp³-hybridized carbons (Fsp3) is 0.286. The molecule has 10 heteroatoms. The first-order chi connectivity index (χ1) is 18.1. The molecule has 0 aromatic heterocycles. The van der Waals surface area contributed by atoms with E-state index < -0.39 is 46.1 Å². The largest absolute Gasteiger partial charge is 0.354 e. The first kappa shape index (κ1) is 28.8. The molecule has 0 aliphatic rings. The Hall–Kier alpha value is -3.79. The lowest BCUT2D eigenvalue weighted by Crippen LogP contribution is -2.53. The molecule has 0 spiro atoms. The summed E-state index contributed by atoms with van der Waals surface area (Å²) in [5.41, 5.74) is 0.604. The minimum Gasteiger partial charge on any atom is -0.354 e. The Kier molecular flexibility index (Phi) is 9.95. The van der Waals surface area contributed by atoms with Gasteiger partial charge in [0.1, 0.15) is 24.2 Å². The molecule has 3 rings (SSSR count). The fourth-order valence-corrected chi connectivity index (χ4v) is 4.83. The molecule has 0 radical (unpaired) electrons. The standard InChI is InChI=1S/C28H31F2N3O4S/c1-3-17-31-28(35)26(18-21-11-5-4-6-12-21)32(19-22-13-7-8-14-23(22)29)27(34)20-33(38(2,36)37)25-16-10-9-15-24(25)30/h4-16,26H,3,17-20H2,1-2H3,(H,31,35)/t26-/m0/s1. The third-order valence-electron chi connectivity index (χ3n) is 5.92. The van der Waals surface area contributed by atoms with Crippen LogP contribution in [-0.4, -0.2) is 50.5 Å². The molecule has 0 heterocycles. The molecule has 202 valence electrons. The maximum absolute atomic E-state index is 14.7. The minimum atomic E-state index is -4.10. The van der Waals surface area contributed by atoms with Crippen molar-refractivity contribution in [3.05, 3.63) is 102 Å². The smallest absolute Gasteiger partial charge is 0.244 e. The molecule has 1 N–H and O–H groups in total. The van der Waals surface area contributed by atoms with Crippen LogP contribution in [0.5, 0.6) is 0 Å². The van der Waals surface area contributed by atoms with Gasteiger partial charge in [-0.25, -0.2) is 17.2 Å². The lowest BCUT2D eigenvalue weighted by atomic mass is 10.0. The molecule has 1 atom stereocenters. The first-order valence-corrected chi connectivity index (χ1v) is 14.0. The Labute approximate surface area is 222 Å². The van der Waals surface area contributed by atoms with Crippen molar-refractivity contribution in [2.24, 2.45) is 0 Å². The van der Waals surface area contributed by atoms with Gasteiger partial charge in [-0.15, -0.1) is 0 Å². The van der Waals surface area contributed by atoms with E-state index in [2.05, 4.69) is 5.32 Å². The maximum Gasteiger partial charge on any atom is 0.244 e. The number of hydrogen-bond acceptors (Lipinski definition) is 4. The van der Waals surface area contributed by atoms with Crippen LogP contribution in [0.3, 0.4) is 0 Å². The molecular formula is C28H31F2N3O4S. The number of anilines is 1. The zero-order valence-electron chi connectivity index (χ0n) is 21.3. The summed E-state index contributed by atoms with van der Waals surface area (Å²) in [6.07, 6.45) is 1.62. The molecule has 0 unspecified atom stereocenters. The van der Waals surface area contributed by atoms with Crippen molar-refractivity contribution < 1.29 is 26.8 Å². The summed E-state index contributed by atoms with van der Waals surface area (Å²) < 4.78 is 55.2. The van der Waals surface area contributed by atoms with Crippen molar-refractivity contribution >= 4 is 27.5 Å². The van der Waals surface area contributed by atoms with Crippen molar-refractivity contribution in [1.29, 1.82) is 0 Å². The van der Waals surface area contributed by atoms with E-state index in [1.807, 2.05) is 13.0 Å². The number of carbonyl (C=O) groups excluding carboxylic acids is 2. The van der Waals surface area contributed by atoms with Crippen LogP contribution in [-0.2, 0) is 32.6 Å². The molecule has 0 fully saturated rings. The Morgan fingerprint density at radius 3 is 2.11 bits per heavy atom. The summed E-state index contributed by atoms with van der Waals surface area (Å²) in [5, 5.41) is 2.79. The van der Waals surface area contributed by atoms with E-state index in [-0.39, 0.29) is 24.2 Å². The summed E-state index contributed by atoms with van der Waals surface area (Å²) in [5.74, 6) is -2.65. The van der Waals surface area contributed by atoms with Gasteiger partial charge in [-0.1, -0.05) is 67.6 Å². The minimum absolute atomic E-state index is 0.106. The zero-order chi connectivity index (χ0) is 27.7. The van der Waals surface area contributed by atoms with E-state index in [1.54, 1.807) is 30.3 Å². The second-order valence-corrected chi connectivity index (χ2v) is 10.7. The Morgan fingerprint density at radius 1 is 0.895 bits per heavy atom. The SMILES string of the molecule is CCCNC(=O)[C@H](Cc1ccccc1)N(Cc1ccccc1F)C(=O)CN(c1ccccc1F)S(C)(=O)=O. The molecule has 3 aromatic rings. The van der Waals surface area contributed by atoms with Gasteiger partial charge in [0.05, 0.1) is 11.9 Å². The maximum atomic E-state index is 14.7. The summed E-state index contributed by atoms with van der Waals surface area (Å²) >= 11 is 0. The molecule has 0 aliphatic carbocycles. The van der Waals surface area contributed by atoms with Gasteiger partial charge < -0.3 is 10.2 Å². The zero-order valence-corrected chi connectivity index (χ0v) is 22.1. The highest BCUT2D eigenvalue weighted by molar-refractivity contribution is 7.92. The summed E-state index contributed by atoms with van der Waals surface area (Å²) in [4.78, 5) is 28.3. The summed E-state index contributed by atoms with van der Waals surface area (Å²) in [7, 11) is -4.10. The number of carbonyl (C=O) groups is 2. The number of halogens is 2. The highest BCUT2D eigenvalue weighted by Crippen LogP contribution is 2.23. The van der Waals surface area contributed by atoms with Crippen molar-refractivity contribution in [2.45, 2.75) is 32.4 Å². The van der Waals surface area contributed by atoms with Crippen molar-refractivity contribution in [1.82, 2.24) is 10.2 Å². The number of rotatable bonds is 12. The number of amides is 2. The van der Waals surface area contributed by atoms with Gasteiger partial charge >= 0.3 is 0 Å². The van der Waals surface area contributed by atoms with E-state index >= 15 is 0 Å². The molecule has 3 aromatic carbocycles. The third-order valence-corrected chi connectivity index (χ3v) is 7.05. The molecule has 7 nitrogen and oxygen atoms in total. The Bertz CT molecular complexity index is 1350. The van der Waals surface area contributed by atoms with Gasteiger partial charge in [-0.3, -0.25) is 13.9 Å². The second kappa shape index (κ2) is 13.1. The Morgan fingerprint density at radius 2 is 1.50 bits per heavy atom. The van der Waals surface area contributed by atoms with E-state index in [0.717, 1.165) is 22.8 Å². The third kappa shape index (κ3) is 7.61. The molecule has 0 saturated carbocycles. The Balaban J connectivity index is 2.06. The molecule has 38 heavy (non-hydrogen) atoms. The molecule has 0 aliphatic heterocycles. The molecule has 0 saturated heterocycles. The fourth-order valence-electron chi connectivity index (χ4n) is 3.98. The van der Waals surface area contributed by atoms with Crippen LogP contribution in [0.2, 0.25) is 0 Å². The van der Waals surface area contributed by atoms with Gasteiger partial charge in [0.2, 0.25) is 21.8 Å². The normalized spacial score (nSPS) is 12.0. The van der Waals surface area contributed by atoms with Gasteiger partial charge in [0.25, 0.3) is 0 Å². The van der Waals surface area contributed by atoms with Crippen LogP contribution in [0.15, 0.2) is 78.9 Å². The van der Waals surface area contributed by atoms with Crippen LogP contribution in [0.1, 0.15) is 24.5 Å². The number of nitrogens with one attached hydrogen (secondary N) is 1. The topological polar surface area (TPSA) is 86.8 Å². The highest BCUT2D eigenvalue weighted by Gasteiger charge is 2.33. The van der Waals surface area contributed by atoms with Crippen LogP contribution < -0.4 is 9.62 Å². The highest BCUT2D eigenvalue weighted by atomic mass is 32.2. The lowest BCUT2D eigenvalue weighted by molar-refractivity contribution is -0.140. The van der Waals surface area contributed by atoms with Gasteiger partial charge in [-0.05, 0) is 30.2 Å². The van der Waals surface area contributed by atoms with E-state index in [9.17, 15) is 26.8 Å². The van der Waals surface area contributed by atoms with Crippen LogP contribution >= 0.6 is 0 Å². The predicted octanol–water partition coefficient (Wildman–Crippen LogP) is 3.90. The summed E-state index contributed by atoms with van der Waals surface area (Å²) in [6, 6.07) is 19.0. The molecule has 0 bridgehead atoms. The first-order valence-electron chi connectivity index (χ1n) is 12.2. The van der Waals surface area contributed by atoms with Crippen molar-refractivity contribution in [2.75, 3.05) is 23.7 Å². The van der Waals surface area contributed by atoms with Gasteiger partial charge in [0.15, 0.2) is 0 Å². The van der Waals surface area contributed by atoms with E-state index in [0.29, 0.717) is 17.3 Å². The van der Waals surface area contributed by atoms with Crippen molar-refractivity contribution in [3.8, 4) is 0 Å². The molecule has 2 amide bonds. The monoisotopic (exact) mass is 543 g/mol. The second-order valence-electron chi connectivity index (χ2n) is 8.83. The van der Waals surface area contributed by atoms with Crippen molar-refractivity contribution in [3.63, 3.8) is 0 Å². The van der Waals surface area contributed by atoms with Gasteiger partial charge in [-0.2, -0.15) is 0 Å². The van der Waals surface area contributed by atoms with Crippen LogP contribution in [0.4, 0.5) is 14.5 Å². The predicted molar refractivity (Wildman–Crippen MR) is 143 cm³/mol. The quantitative estimate of drug-likeness (QED) is 0.376. The summed E-state index contributed by atoms with van der Waals surface area (Å²) in [6.45, 7) is 1.17. The molecular weight excluding hydrogens is 512 g/mol. The number of nitrogens with zero attached hydrogens (tertiary/aromatic N) is 2. The number of para-hydroxylation sites is 1. The van der Waals surface area contributed by atoms with E-state index in [1.165, 1.54) is 36.4 Å². The van der Waals surface area contributed by atoms with Crippen LogP contribution in [0, 0.1) is 11.6 Å². The van der Waals surface area contributed by atoms with Crippen LogP contribution in [0.25, 0.3) is 0 Å². The number of benzene rings is 3.